The molecule has 0 aliphatic heterocycles. The second kappa shape index (κ2) is 3.05. The fourth-order valence-electron chi connectivity index (χ4n) is 1.53. The Morgan fingerprint density at radius 3 is 3.00 bits per heavy atom. The Kier molecular flexibility index (Phi) is 1.89. The first kappa shape index (κ1) is 8.05. The minimum atomic E-state index is 0.758. The molecule has 13 heavy (non-hydrogen) atoms. The van der Waals surface area contributed by atoms with Crippen LogP contribution in [0.2, 0.25) is 0 Å². The molecule has 0 bridgehead atoms. The highest BCUT2D eigenvalue weighted by atomic mass is 16.1. The zero-order valence-electron chi connectivity index (χ0n) is 7.50. The van der Waals surface area contributed by atoms with Gasteiger partial charge in [-0.1, -0.05) is 19.1 Å². The predicted molar refractivity (Wildman–Crippen MR) is 53.1 cm³/mol. The number of aromatic nitrogens is 1. The van der Waals surface area contributed by atoms with Crippen LogP contribution in [0.25, 0.3) is 10.9 Å². The van der Waals surface area contributed by atoms with Gasteiger partial charge in [0.1, 0.15) is 0 Å². The average molecular weight is 173 g/mol. The molecule has 2 rings (SSSR count). The van der Waals surface area contributed by atoms with E-state index < -0.39 is 0 Å². The van der Waals surface area contributed by atoms with Gasteiger partial charge < -0.3 is 4.98 Å². The van der Waals surface area contributed by atoms with Crippen LogP contribution < -0.4 is 0 Å². The lowest BCUT2D eigenvalue weighted by molar-refractivity contribution is 0.112. The van der Waals surface area contributed by atoms with E-state index in [2.05, 4.69) is 11.9 Å². The van der Waals surface area contributed by atoms with Crippen LogP contribution in [-0.4, -0.2) is 11.3 Å². The molecule has 1 heterocycles. The number of nitrogens with one attached hydrogen (secondary N) is 1. The number of benzene rings is 1. The zero-order chi connectivity index (χ0) is 9.26. The molecule has 1 N–H and O–H groups in total. The third-order valence-electron chi connectivity index (χ3n) is 2.26. The molecule has 0 saturated carbocycles. The molecule has 0 amide bonds. The first-order valence-electron chi connectivity index (χ1n) is 4.41. The Morgan fingerprint density at radius 1 is 1.46 bits per heavy atom. The molecule has 2 aromatic rings. The molecular weight excluding hydrogens is 162 g/mol. The molecule has 0 fully saturated rings. The van der Waals surface area contributed by atoms with Gasteiger partial charge >= 0.3 is 0 Å². The standard InChI is InChI=1S/C11H11NO/c1-2-9-6-10-8(7-13)4-3-5-11(10)12-9/h3-7,12H,2H2,1H3. The highest BCUT2D eigenvalue weighted by Crippen LogP contribution is 2.18. The molecule has 1 aromatic carbocycles. The molecule has 2 nitrogen and oxygen atoms in total. The maximum Gasteiger partial charge on any atom is 0.150 e. The van der Waals surface area contributed by atoms with Crippen molar-refractivity contribution in [3.63, 3.8) is 0 Å². The molecule has 0 radical (unpaired) electrons. The van der Waals surface area contributed by atoms with Gasteiger partial charge in [-0.2, -0.15) is 0 Å². The minimum absolute atomic E-state index is 0.758. The van der Waals surface area contributed by atoms with Crippen molar-refractivity contribution in [1.29, 1.82) is 0 Å². The summed E-state index contributed by atoms with van der Waals surface area (Å²) in [4.78, 5) is 14.0. The lowest BCUT2D eigenvalue weighted by atomic mass is 10.1. The van der Waals surface area contributed by atoms with Gasteiger partial charge in [0, 0.05) is 22.2 Å². The van der Waals surface area contributed by atoms with E-state index in [1.807, 2.05) is 24.3 Å². The highest BCUT2D eigenvalue weighted by Gasteiger charge is 2.02. The Morgan fingerprint density at radius 2 is 2.31 bits per heavy atom. The van der Waals surface area contributed by atoms with Gasteiger partial charge in [0.25, 0.3) is 0 Å². The van der Waals surface area contributed by atoms with Crippen molar-refractivity contribution in [2.45, 2.75) is 13.3 Å². The van der Waals surface area contributed by atoms with Gasteiger partial charge in [-0.05, 0) is 18.6 Å². The van der Waals surface area contributed by atoms with E-state index in [1.54, 1.807) is 0 Å². The number of hydrogen-bond donors (Lipinski definition) is 1. The van der Waals surface area contributed by atoms with Crippen LogP contribution in [0.1, 0.15) is 23.0 Å². The summed E-state index contributed by atoms with van der Waals surface area (Å²) >= 11 is 0. The van der Waals surface area contributed by atoms with Crippen molar-refractivity contribution in [3.05, 3.63) is 35.5 Å². The minimum Gasteiger partial charge on any atom is -0.358 e. The third-order valence-corrected chi connectivity index (χ3v) is 2.26. The van der Waals surface area contributed by atoms with Gasteiger partial charge in [-0.25, -0.2) is 0 Å². The summed E-state index contributed by atoms with van der Waals surface area (Å²) in [6.45, 7) is 2.09. The largest absolute Gasteiger partial charge is 0.358 e. The number of hydrogen-bond acceptors (Lipinski definition) is 1. The second-order valence-corrected chi connectivity index (χ2v) is 3.07. The normalized spacial score (nSPS) is 10.5. The van der Waals surface area contributed by atoms with Crippen LogP contribution in [0.4, 0.5) is 0 Å². The Hall–Kier alpha value is -1.57. The number of aldehydes is 1. The monoisotopic (exact) mass is 173 g/mol. The summed E-state index contributed by atoms with van der Waals surface area (Å²) in [5, 5.41) is 1.02. The van der Waals surface area contributed by atoms with Gasteiger partial charge in [0.15, 0.2) is 6.29 Å². The molecule has 0 saturated heterocycles. The van der Waals surface area contributed by atoms with Gasteiger partial charge in [0.2, 0.25) is 0 Å². The van der Waals surface area contributed by atoms with E-state index in [9.17, 15) is 4.79 Å². The molecule has 0 aliphatic carbocycles. The number of fused-ring (bicyclic) bond motifs is 1. The average Bonchev–Trinajstić information content (AvgIpc) is 2.59. The van der Waals surface area contributed by atoms with Crippen molar-refractivity contribution in [1.82, 2.24) is 4.98 Å². The molecule has 1 aromatic heterocycles. The van der Waals surface area contributed by atoms with Crippen LogP contribution in [0.15, 0.2) is 24.3 Å². The van der Waals surface area contributed by atoms with E-state index in [4.69, 9.17) is 0 Å². The molecule has 0 atom stereocenters. The number of aryl methyl sites for hydroxylation is 1. The first-order valence-corrected chi connectivity index (χ1v) is 4.41. The molecule has 0 unspecified atom stereocenters. The van der Waals surface area contributed by atoms with Crippen LogP contribution in [-0.2, 0) is 6.42 Å². The predicted octanol–water partition coefficient (Wildman–Crippen LogP) is 2.54. The molecule has 0 spiro atoms. The fraction of sp³-hybridized carbons (Fsp3) is 0.182. The Labute approximate surface area is 76.6 Å². The molecular formula is C11H11NO. The van der Waals surface area contributed by atoms with Crippen molar-refractivity contribution < 1.29 is 4.79 Å². The quantitative estimate of drug-likeness (QED) is 0.695. The lowest BCUT2D eigenvalue weighted by Gasteiger charge is -1.91. The lowest BCUT2D eigenvalue weighted by Crippen LogP contribution is -1.78. The van der Waals surface area contributed by atoms with Gasteiger partial charge in [-0.3, -0.25) is 4.79 Å². The van der Waals surface area contributed by atoms with Crippen molar-refractivity contribution in [2.75, 3.05) is 0 Å². The topological polar surface area (TPSA) is 32.9 Å². The summed E-state index contributed by atoms with van der Waals surface area (Å²) < 4.78 is 0. The third kappa shape index (κ3) is 1.24. The van der Waals surface area contributed by atoms with Crippen LogP contribution in [0, 0.1) is 0 Å². The second-order valence-electron chi connectivity index (χ2n) is 3.07. The summed E-state index contributed by atoms with van der Waals surface area (Å²) in [5.41, 5.74) is 2.97. The highest BCUT2D eigenvalue weighted by molar-refractivity contribution is 5.97. The number of carbonyl (C=O) groups is 1. The van der Waals surface area contributed by atoms with Gasteiger partial charge in [-0.15, -0.1) is 0 Å². The SMILES string of the molecule is CCc1cc2c(C=O)cccc2[nH]1. The van der Waals surface area contributed by atoms with Crippen LogP contribution in [0.5, 0.6) is 0 Å². The van der Waals surface area contributed by atoms with E-state index in [-0.39, 0.29) is 0 Å². The van der Waals surface area contributed by atoms with Crippen molar-refractivity contribution >= 4 is 17.2 Å². The molecule has 0 aliphatic rings. The zero-order valence-corrected chi connectivity index (χ0v) is 7.50. The van der Waals surface area contributed by atoms with Crippen LogP contribution >= 0.6 is 0 Å². The maximum absolute atomic E-state index is 10.7. The molecule has 2 heteroatoms. The van der Waals surface area contributed by atoms with Crippen molar-refractivity contribution in [2.24, 2.45) is 0 Å². The first-order chi connectivity index (χ1) is 6.35. The number of carbonyl (C=O) groups excluding carboxylic acids is 1. The van der Waals surface area contributed by atoms with E-state index in [1.165, 1.54) is 5.69 Å². The smallest absolute Gasteiger partial charge is 0.150 e. The summed E-state index contributed by atoms with van der Waals surface area (Å²) in [5.74, 6) is 0. The Bertz CT molecular complexity index is 442. The summed E-state index contributed by atoms with van der Waals surface area (Å²) in [7, 11) is 0. The maximum atomic E-state index is 10.7. The van der Waals surface area contributed by atoms with Gasteiger partial charge in [0.05, 0.1) is 0 Å². The van der Waals surface area contributed by atoms with Crippen molar-refractivity contribution in [3.8, 4) is 0 Å². The number of aromatic amines is 1. The fourth-order valence-corrected chi connectivity index (χ4v) is 1.53. The van der Waals surface area contributed by atoms with E-state index >= 15 is 0 Å². The number of rotatable bonds is 2. The molecule has 66 valence electrons. The van der Waals surface area contributed by atoms with E-state index in [0.717, 1.165) is 29.2 Å². The summed E-state index contributed by atoms with van der Waals surface area (Å²) in [6, 6.07) is 7.76. The number of H-pyrrole nitrogens is 1. The van der Waals surface area contributed by atoms with E-state index in [0.29, 0.717) is 0 Å². The van der Waals surface area contributed by atoms with Crippen LogP contribution in [0.3, 0.4) is 0 Å². The Balaban J connectivity index is 2.74. The summed E-state index contributed by atoms with van der Waals surface area (Å²) in [6.07, 6.45) is 1.86.